The molecule has 2 saturated heterocycles. The first kappa shape index (κ1) is 23.6. The first-order chi connectivity index (χ1) is 15.0. The Bertz CT molecular complexity index is 923. The predicted molar refractivity (Wildman–Crippen MR) is 119 cm³/mol. The van der Waals surface area contributed by atoms with Gasteiger partial charge in [0.15, 0.2) is 0 Å². The Balaban J connectivity index is 1.74. The Morgan fingerprint density at radius 3 is 2.56 bits per heavy atom. The monoisotopic (exact) mass is 444 g/mol. The van der Waals surface area contributed by atoms with E-state index in [9.17, 15) is 19.2 Å². The molecule has 9 heteroatoms. The van der Waals surface area contributed by atoms with Crippen LogP contribution in [0.5, 0.6) is 0 Å². The van der Waals surface area contributed by atoms with E-state index >= 15 is 0 Å². The molecule has 9 nitrogen and oxygen atoms in total. The fourth-order valence-corrected chi connectivity index (χ4v) is 4.05. The predicted octanol–water partition coefficient (Wildman–Crippen LogP) is 1.14. The molecule has 4 N–H and O–H groups in total. The highest BCUT2D eigenvalue weighted by Gasteiger charge is 2.42. The third kappa shape index (κ3) is 5.20. The molecular weight excluding hydrogens is 412 g/mol. The van der Waals surface area contributed by atoms with Gasteiger partial charge in [-0.1, -0.05) is 20.8 Å². The number of carbonyl (C=O) groups excluding carboxylic acids is 4. The number of nitrogens with two attached hydrogens (primary N) is 1. The number of cyclic esters (lactones) is 1. The van der Waals surface area contributed by atoms with E-state index < -0.39 is 17.5 Å². The summed E-state index contributed by atoms with van der Waals surface area (Å²) >= 11 is 0. The van der Waals surface area contributed by atoms with Gasteiger partial charge in [-0.15, -0.1) is 0 Å². The minimum atomic E-state index is -0.822. The normalized spacial score (nSPS) is 21.8. The second kappa shape index (κ2) is 9.18. The third-order valence-electron chi connectivity index (χ3n) is 5.96. The van der Waals surface area contributed by atoms with Crippen LogP contribution in [-0.4, -0.2) is 59.9 Å². The molecular formula is C23H32N4O5. The number of hydrogen-bond donors (Lipinski definition) is 3. The van der Waals surface area contributed by atoms with Crippen molar-refractivity contribution in [3.8, 4) is 0 Å². The number of rotatable bonds is 5. The summed E-state index contributed by atoms with van der Waals surface area (Å²) in [6.45, 7) is 8.01. The summed E-state index contributed by atoms with van der Waals surface area (Å²) < 4.78 is 4.90. The fraction of sp³-hybridized carbons (Fsp3) is 0.565. The number of hydrogen-bond acceptors (Lipinski definition) is 6. The number of nitrogen functional groups attached to an aromatic ring is 1. The number of amides is 3. The molecule has 32 heavy (non-hydrogen) atoms. The van der Waals surface area contributed by atoms with Crippen LogP contribution in [0.2, 0.25) is 0 Å². The molecule has 0 radical (unpaired) electrons. The first-order valence-corrected chi connectivity index (χ1v) is 10.9. The second-order valence-electron chi connectivity index (χ2n) is 9.63. The van der Waals surface area contributed by atoms with Gasteiger partial charge in [-0.05, 0) is 48.9 Å². The summed E-state index contributed by atoms with van der Waals surface area (Å²) in [6, 6.07) is 3.14. The Hall–Kier alpha value is -3.10. The first-order valence-electron chi connectivity index (χ1n) is 10.9. The SMILES string of the molecule is Cc1cc(C(=O)N[C@H](C(=O)N2CCC[C@H]2C(=O)N[C@@H]2COC(=O)C2)C(C)(C)C)ccc1N. The topological polar surface area (TPSA) is 131 Å². The molecule has 2 aliphatic rings. The molecule has 2 heterocycles. The van der Waals surface area contributed by atoms with Crippen LogP contribution < -0.4 is 16.4 Å². The van der Waals surface area contributed by atoms with Crippen LogP contribution in [0.4, 0.5) is 5.69 Å². The molecule has 2 aliphatic heterocycles. The van der Waals surface area contributed by atoms with Crippen molar-refractivity contribution >= 4 is 29.4 Å². The van der Waals surface area contributed by atoms with Gasteiger partial charge in [-0.25, -0.2) is 0 Å². The maximum Gasteiger partial charge on any atom is 0.308 e. The Labute approximate surface area is 188 Å². The molecule has 0 unspecified atom stereocenters. The number of ether oxygens (including phenoxy) is 1. The molecule has 1 aromatic rings. The highest BCUT2D eigenvalue weighted by atomic mass is 16.5. The largest absolute Gasteiger partial charge is 0.463 e. The molecule has 1 aromatic carbocycles. The summed E-state index contributed by atoms with van der Waals surface area (Å²) in [5.41, 5.74) is 7.05. The van der Waals surface area contributed by atoms with E-state index in [0.717, 1.165) is 5.56 Å². The standard InChI is InChI=1S/C23H32N4O5/c1-13-10-14(7-8-16(13)24)20(29)26-19(23(2,3)4)22(31)27-9-5-6-17(27)21(30)25-15-11-18(28)32-12-15/h7-8,10,15,17,19H,5-6,9,11-12,24H2,1-4H3,(H,25,30)(H,26,29)/t15-,17-,19+/m0/s1. The van der Waals surface area contributed by atoms with Gasteiger partial charge in [0, 0.05) is 17.8 Å². The van der Waals surface area contributed by atoms with Crippen LogP contribution in [0.15, 0.2) is 18.2 Å². The van der Waals surface area contributed by atoms with Crippen LogP contribution in [0.1, 0.15) is 56.0 Å². The number of benzene rings is 1. The summed E-state index contributed by atoms with van der Waals surface area (Å²) in [5.74, 6) is -1.31. The van der Waals surface area contributed by atoms with E-state index in [1.165, 1.54) is 4.90 Å². The van der Waals surface area contributed by atoms with Gasteiger partial charge in [-0.3, -0.25) is 19.2 Å². The van der Waals surface area contributed by atoms with Gasteiger partial charge in [0.25, 0.3) is 5.91 Å². The molecule has 3 rings (SSSR count). The van der Waals surface area contributed by atoms with Crippen molar-refractivity contribution < 1.29 is 23.9 Å². The summed E-state index contributed by atoms with van der Waals surface area (Å²) in [7, 11) is 0. The number of nitrogens with one attached hydrogen (secondary N) is 2. The van der Waals surface area contributed by atoms with Crippen molar-refractivity contribution in [1.29, 1.82) is 0 Å². The lowest BCUT2D eigenvalue weighted by Gasteiger charge is -2.35. The maximum absolute atomic E-state index is 13.5. The summed E-state index contributed by atoms with van der Waals surface area (Å²) in [6.07, 6.45) is 1.35. The lowest BCUT2D eigenvalue weighted by Crippen LogP contribution is -2.58. The van der Waals surface area contributed by atoms with Gasteiger partial charge in [0.1, 0.15) is 18.7 Å². The highest BCUT2D eigenvalue weighted by molar-refractivity contribution is 5.99. The minimum absolute atomic E-state index is 0.133. The lowest BCUT2D eigenvalue weighted by atomic mass is 9.85. The molecule has 0 spiro atoms. The molecule has 0 aliphatic carbocycles. The van der Waals surface area contributed by atoms with Crippen molar-refractivity contribution in [2.24, 2.45) is 5.41 Å². The van der Waals surface area contributed by atoms with Gasteiger partial charge in [0.2, 0.25) is 11.8 Å². The Kier molecular flexibility index (Phi) is 6.76. The van der Waals surface area contributed by atoms with Crippen LogP contribution in [0.3, 0.4) is 0 Å². The third-order valence-corrected chi connectivity index (χ3v) is 5.96. The zero-order valence-electron chi connectivity index (χ0n) is 19.1. The zero-order chi connectivity index (χ0) is 23.6. The van der Waals surface area contributed by atoms with Crippen LogP contribution >= 0.6 is 0 Å². The van der Waals surface area contributed by atoms with Crippen molar-refractivity contribution in [3.05, 3.63) is 29.3 Å². The van der Waals surface area contributed by atoms with Crippen LogP contribution in [-0.2, 0) is 19.1 Å². The van der Waals surface area contributed by atoms with Gasteiger partial charge >= 0.3 is 5.97 Å². The van der Waals surface area contributed by atoms with Gasteiger partial charge in [-0.2, -0.15) is 0 Å². The van der Waals surface area contributed by atoms with Gasteiger partial charge < -0.3 is 26.0 Å². The average Bonchev–Trinajstić information content (AvgIpc) is 3.35. The van der Waals surface area contributed by atoms with E-state index in [4.69, 9.17) is 10.5 Å². The Morgan fingerprint density at radius 1 is 1.25 bits per heavy atom. The number of esters is 1. The average molecular weight is 445 g/mol. The van der Waals surface area contributed by atoms with Crippen LogP contribution in [0, 0.1) is 12.3 Å². The smallest absolute Gasteiger partial charge is 0.308 e. The minimum Gasteiger partial charge on any atom is -0.463 e. The van der Waals surface area contributed by atoms with Crippen molar-refractivity contribution in [2.75, 3.05) is 18.9 Å². The molecule has 3 atom stereocenters. The van der Waals surface area contributed by atoms with E-state index in [0.29, 0.717) is 30.6 Å². The van der Waals surface area contributed by atoms with Crippen molar-refractivity contribution in [3.63, 3.8) is 0 Å². The Morgan fingerprint density at radius 2 is 1.97 bits per heavy atom. The molecule has 2 fully saturated rings. The van der Waals surface area contributed by atoms with Gasteiger partial charge in [0.05, 0.1) is 12.5 Å². The molecule has 0 aromatic heterocycles. The van der Waals surface area contributed by atoms with E-state index in [1.807, 2.05) is 27.7 Å². The number of anilines is 1. The quantitative estimate of drug-likeness (QED) is 0.461. The number of aryl methyl sites for hydroxylation is 1. The van der Waals surface area contributed by atoms with E-state index in [-0.39, 0.29) is 42.8 Å². The zero-order valence-corrected chi connectivity index (χ0v) is 19.1. The van der Waals surface area contributed by atoms with E-state index in [1.54, 1.807) is 18.2 Å². The second-order valence-corrected chi connectivity index (χ2v) is 9.63. The maximum atomic E-state index is 13.5. The number of nitrogens with zero attached hydrogens (tertiary/aromatic N) is 1. The lowest BCUT2D eigenvalue weighted by molar-refractivity contribution is -0.142. The molecule has 3 amide bonds. The number of carbonyl (C=O) groups is 4. The van der Waals surface area contributed by atoms with E-state index in [2.05, 4.69) is 10.6 Å². The number of likely N-dealkylation sites (tertiary alicyclic amines) is 1. The van der Waals surface area contributed by atoms with Crippen molar-refractivity contribution in [1.82, 2.24) is 15.5 Å². The molecule has 0 saturated carbocycles. The van der Waals surface area contributed by atoms with Crippen molar-refractivity contribution in [2.45, 2.75) is 65.1 Å². The summed E-state index contributed by atoms with van der Waals surface area (Å²) in [5, 5.41) is 5.68. The molecule has 0 bridgehead atoms. The summed E-state index contributed by atoms with van der Waals surface area (Å²) in [4.78, 5) is 52.1. The molecule has 174 valence electrons. The highest BCUT2D eigenvalue weighted by Crippen LogP contribution is 2.26. The fourth-order valence-electron chi connectivity index (χ4n) is 4.05. The van der Waals surface area contributed by atoms with Crippen LogP contribution in [0.25, 0.3) is 0 Å².